The van der Waals surface area contributed by atoms with Crippen LogP contribution in [0.2, 0.25) is 0 Å². The van der Waals surface area contributed by atoms with Crippen molar-refractivity contribution in [3.05, 3.63) is 60.2 Å². The molecule has 0 atom stereocenters. The van der Waals surface area contributed by atoms with E-state index < -0.39 is 0 Å². The van der Waals surface area contributed by atoms with Crippen molar-refractivity contribution in [1.82, 2.24) is 15.1 Å². The first-order valence-corrected chi connectivity index (χ1v) is 12.1. The van der Waals surface area contributed by atoms with E-state index in [1.807, 2.05) is 42.5 Å². The van der Waals surface area contributed by atoms with Crippen LogP contribution in [0.25, 0.3) is 11.5 Å². The molecule has 8 nitrogen and oxygen atoms in total. The van der Waals surface area contributed by atoms with Gasteiger partial charge >= 0.3 is 6.01 Å². The standard InChI is InChI=1S/C26H31N5O3/c32-24(20-4-2-1-3-5-20)27-22-12-8-21(9-13-22)25-29-30-26(34-25)28-23-10-6-19(7-11-23)18-31-14-16-33-17-15-31/h1-5,8-9,12-13,19,23H,6-7,10-11,14-18H2,(H,27,32)(H,28,30). The fraction of sp³-hybridized carbons (Fsp3) is 0.423. The molecule has 1 saturated heterocycles. The van der Waals surface area contributed by atoms with Crippen molar-refractivity contribution in [3.63, 3.8) is 0 Å². The fourth-order valence-electron chi connectivity index (χ4n) is 4.70. The zero-order chi connectivity index (χ0) is 23.2. The largest absolute Gasteiger partial charge is 0.403 e. The molecular formula is C26H31N5O3. The molecule has 2 aromatic carbocycles. The molecule has 0 radical (unpaired) electrons. The summed E-state index contributed by atoms with van der Waals surface area (Å²) in [6.07, 6.45) is 4.66. The molecule has 1 saturated carbocycles. The number of nitrogens with one attached hydrogen (secondary N) is 2. The third-order valence-electron chi connectivity index (χ3n) is 6.65. The van der Waals surface area contributed by atoms with Crippen LogP contribution >= 0.6 is 0 Å². The zero-order valence-electron chi connectivity index (χ0n) is 19.3. The Balaban J connectivity index is 1.11. The molecule has 1 aromatic heterocycles. The Kier molecular flexibility index (Phi) is 7.16. The summed E-state index contributed by atoms with van der Waals surface area (Å²) < 4.78 is 11.3. The van der Waals surface area contributed by atoms with Crippen molar-refractivity contribution in [2.75, 3.05) is 43.5 Å². The molecule has 5 rings (SSSR count). The van der Waals surface area contributed by atoms with Gasteiger partial charge in [0.1, 0.15) is 0 Å². The predicted molar refractivity (Wildman–Crippen MR) is 131 cm³/mol. The molecule has 1 amide bonds. The SMILES string of the molecule is O=C(Nc1ccc(-c2nnc(NC3CCC(CN4CCOCC4)CC3)o2)cc1)c1ccccc1. The number of hydrogen-bond acceptors (Lipinski definition) is 7. The minimum absolute atomic E-state index is 0.141. The van der Waals surface area contributed by atoms with Crippen LogP contribution in [-0.2, 0) is 4.74 Å². The number of rotatable bonds is 7. The average Bonchev–Trinajstić information content (AvgIpc) is 3.35. The minimum Gasteiger partial charge on any atom is -0.403 e. The van der Waals surface area contributed by atoms with Crippen LogP contribution in [0.15, 0.2) is 59.0 Å². The predicted octanol–water partition coefficient (Wildman–Crippen LogP) is 4.29. The summed E-state index contributed by atoms with van der Waals surface area (Å²) >= 11 is 0. The van der Waals surface area contributed by atoms with E-state index in [-0.39, 0.29) is 5.91 Å². The number of ether oxygens (including phenoxy) is 1. The number of morpholine rings is 1. The molecule has 0 spiro atoms. The third-order valence-corrected chi connectivity index (χ3v) is 6.65. The Morgan fingerprint density at radius 3 is 2.41 bits per heavy atom. The summed E-state index contributed by atoms with van der Waals surface area (Å²) in [7, 11) is 0. The monoisotopic (exact) mass is 461 g/mol. The average molecular weight is 462 g/mol. The molecule has 2 aliphatic rings. The van der Waals surface area contributed by atoms with Gasteiger partial charge in [-0.25, -0.2) is 0 Å². The zero-order valence-corrected chi connectivity index (χ0v) is 19.3. The maximum atomic E-state index is 12.3. The van der Waals surface area contributed by atoms with E-state index in [9.17, 15) is 4.79 Å². The molecule has 0 unspecified atom stereocenters. The second-order valence-electron chi connectivity index (χ2n) is 9.08. The fourth-order valence-corrected chi connectivity index (χ4v) is 4.70. The molecular weight excluding hydrogens is 430 g/mol. The molecule has 34 heavy (non-hydrogen) atoms. The Bertz CT molecular complexity index is 1060. The normalized spacial score (nSPS) is 21.2. The van der Waals surface area contributed by atoms with Crippen LogP contribution < -0.4 is 10.6 Å². The molecule has 2 heterocycles. The van der Waals surface area contributed by atoms with Crippen molar-refractivity contribution in [2.24, 2.45) is 5.92 Å². The molecule has 0 bridgehead atoms. The smallest absolute Gasteiger partial charge is 0.315 e. The van der Waals surface area contributed by atoms with Crippen molar-refractivity contribution in [2.45, 2.75) is 31.7 Å². The molecule has 2 N–H and O–H groups in total. The van der Waals surface area contributed by atoms with Gasteiger partial charge < -0.3 is 19.8 Å². The summed E-state index contributed by atoms with van der Waals surface area (Å²) in [5.74, 6) is 1.08. The lowest BCUT2D eigenvalue weighted by molar-refractivity contribution is 0.0276. The van der Waals surface area contributed by atoms with Crippen LogP contribution in [0.1, 0.15) is 36.0 Å². The van der Waals surface area contributed by atoms with Gasteiger partial charge in [-0.3, -0.25) is 9.69 Å². The second kappa shape index (κ2) is 10.8. The molecule has 178 valence electrons. The molecule has 8 heteroatoms. The molecule has 3 aromatic rings. The van der Waals surface area contributed by atoms with Gasteiger partial charge in [-0.05, 0) is 68.0 Å². The summed E-state index contributed by atoms with van der Waals surface area (Å²) in [5, 5.41) is 14.7. The van der Waals surface area contributed by atoms with Gasteiger partial charge in [0.15, 0.2) is 0 Å². The van der Waals surface area contributed by atoms with Crippen molar-refractivity contribution in [3.8, 4) is 11.5 Å². The van der Waals surface area contributed by atoms with E-state index in [0.29, 0.717) is 29.2 Å². The van der Waals surface area contributed by atoms with E-state index in [0.717, 1.165) is 50.6 Å². The van der Waals surface area contributed by atoms with Crippen molar-refractivity contribution < 1.29 is 13.9 Å². The van der Waals surface area contributed by atoms with E-state index in [4.69, 9.17) is 9.15 Å². The van der Waals surface area contributed by atoms with E-state index >= 15 is 0 Å². The topological polar surface area (TPSA) is 92.5 Å². The van der Waals surface area contributed by atoms with Crippen LogP contribution in [0.4, 0.5) is 11.7 Å². The van der Waals surface area contributed by atoms with Crippen LogP contribution in [0.3, 0.4) is 0 Å². The maximum Gasteiger partial charge on any atom is 0.315 e. The van der Waals surface area contributed by atoms with E-state index in [1.165, 1.54) is 19.4 Å². The lowest BCUT2D eigenvalue weighted by atomic mass is 9.85. The van der Waals surface area contributed by atoms with Gasteiger partial charge in [0.2, 0.25) is 5.89 Å². The Morgan fingerprint density at radius 1 is 0.941 bits per heavy atom. The minimum atomic E-state index is -0.141. The first-order chi connectivity index (χ1) is 16.7. The number of aromatic nitrogens is 2. The summed E-state index contributed by atoms with van der Waals surface area (Å²) in [6, 6.07) is 17.4. The number of benzene rings is 2. The van der Waals surface area contributed by atoms with Crippen molar-refractivity contribution >= 4 is 17.6 Å². The van der Waals surface area contributed by atoms with E-state index in [2.05, 4.69) is 25.7 Å². The summed E-state index contributed by atoms with van der Waals surface area (Å²) in [5.41, 5.74) is 2.14. The van der Waals surface area contributed by atoms with E-state index in [1.54, 1.807) is 12.1 Å². The number of hydrogen-bond donors (Lipinski definition) is 2. The van der Waals surface area contributed by atoms with Crippen LogP contribution in [0, 0.1) is 5.92 Å². The number of nitrogens with zero attached hydrogens (tertiary/aromatic N) is 3. The number of carbonyl (C=O) groups excluding carboxylic acids is 1. The second-order valence-corrected chi connectivity index (χ2v) is 9.08. The van der Waals surface area contributed by atoms with Crippen LogP contribution in [0.5, 0.6) is 0 Å². The highest BCUT2D eigenvalue weighted by atomic mass is 16.5. The van der Waals surface area contributed by atoms with Gasteiger partial charge in [0.05, 0.1) is 13.2 Å². The Labute approximate surface area is 199 Å². The van der Waals surface area contributed by atoms with Crippen LogP contribution in [-0.4, -0.2) is 59.9 Å². The highest BCUT2D eigenvalue weighted by Crippen LogP contribution is 2.28. The highest BCUT2D eigenvalue weighted by Gasteiger charge is 2.25. The lowest BCUT2D eigenvalue weighted by Crippen LogP contribution is -2.40. The van der Waals surface area contributed by atoms with Gasteiger partial charge in [0.25, 0.3) is 5.91 Å². The number of anilines is 2. The number of amides is 1. The molecule has 2 fully saturated rings. The van der Waals surface area contributed by atoms with Gasteiger partial charge in [0, 0.05) is 42.5 Å². The third kappa shape index (κ3) is 5.81. The summed E-state index contributed by atoms with van der Waals surface area (Å²) in [4.78, 5) is 14.8. The molecule has 1 aliphatic carbocycles. The van der Waals surface area contributed by atoms with Gasteiger partial charge in [-0.15, -0.1) is 5.10 Å². The first-order valence-electron chi connectivity index (χ1n) is 12.1. The first kappa shape index (κ1) is 22.6. The Morgan fingerprint density at radius 2 is 1.68 bits per heavy atom. The maximum absolute atomic E-state index is 12.3. The Hall–Kier alpha value is -3.23. The lowest BCUT2D eigenvalue weighted by Gasteiger charge is -2.34. The quantitative estimate of drug-likeness (QED) is 0.542. The summed E-state index contributed by atoms with van der Waals surface area (Å²) in [6.45, 7) is 5.03. The van der Waals surface area contributed by atoms with Gasteiger partial charge in [-0.1, -0.05) is 23.3 Å². The number of carbonyl (C=O) groups is 1. The van der Waals surface area contributed by atoms with Gasteiger partial charge in [-0.2, -0.15) is 0 Å². The molecule has 1 aliphatic heterocycles. The van der Waals surface area contributed by atoms with Crippen molar-refractivity contribution in [1.29, 1.82) is 0 Å². The highest BCUT2D eigenvalue weighted by molar-refractivity contribution is 6.04.